The number of benzene rings is 1. The fourth-order valence-electron chi connectivity index (χ4n) is 3.29. The predicted molar refractivity (Wildman–Crippen MR) is 91.6 cm³/mol. The molecule has 1 saturated carbocycles. The van der Waals surface area contributed by atoms with Gasteiger partial charge < -0.3 is 15.2 Å². The first-order valence-corrected chi connectivity index (χ1v) is 8.57. The van der Waals surface area contributed by atoms with Crippen LogP contribution in [-0.2, 0) is 16.1 Å². The van der Waals surface area contributed by atoms with Crippen LogP contribution in [0.3, 0.4) is 0 Å². The monoisotopic (exact) mass is 340 g/mol. The number of carbonyl (C=O) groups excluding carboxylic acids is 3. The molecule has 2 aliphatic rings. The highest BCUT2D eigenvalue weighted by atomic mass is 16.2. The van der Waals surface area contributed by atoms with Crippen LogP contribution in [0.1, 0.15) is 31.2 Å². The maximum Gasteiger partial charge on any atom is 0.322 e. The third-order valence-electron chi connectivity index (χ3n) is 4.76. The number of hydrogen-bond donors (Lipinski definition) is 3. The van der Waals surface area contributed by atoms with Crippen LogP contribution in [0.25, 0.3) is 10.9 Å². The maximum absolute atomic E-state index is 13.0. The summed E-state index contributed by atoms with van der Waals surface area (Å²) in [7, 11) is 0. The van der Waals surface area contributed by atoms with Crippen molar-refractivity contribution < 1.29 is 14.4 Å². The lowest BCUT2D eigenvalue weighted by Crippen LogP contribution is -2.50. The Morgan fingerprint density at radius 3 is 2.80 bits per heavy atom. The summed E-state index contributed by atoms with van der Waals surface area (Å²) < 4.78 is 0. The zero-order valence-electron chi connectivity index (χ0n) is 13.7. The number of aromatic amines is 1. The molecular weight excluding hydrogens is 320 g/mol. The topological polar surface area (TPSA) is 94.3 Å². The van der Waals surface area contributed by atoms with Crippen molar-refractivity contribution in [3.05, 3.63) is 36.0 Å². The number of fused-ring (bicyclic) bond motifs is 1. The maximum atomic E-state index is 13.0. The summed E-state index contributed by atoms with van der Waals surface area (Å²) in [5.74, 6) is -0.454. The summed E-state index contributed by atoms with van der Waals surface area (Å²) in [4.78, 5) is 41.1. The van der Waals surface area contributed by atoms with Crippen LogP contribution < -0.4 is 10.6 Å². The van der Waals surface area contributed by atoms with Crippen LogP contribution >= 0.6 is 0 Å². The smallest absolute Gasteiger partial charge is 0.322 e. The number of hydrogen-bond acceptors (Lipinski definition) is 3. The molecule has 0 spiro atoms. The largest absolute Gasteiger partial charge is 0.361 e. The number of H-pyrrole nitrogens is 1. The summed E-state index contributed by atoms with van der Waals surface area (Å²) in [5.41, 5.74) is 2.12. The van der Waals surface area contributed by atoms with E-state index in [-0.39, 0.29) is 24.3 Å². The molecule has 2 aromatic rings. The molecule has 1 saturated heterocycles. The second-order valence-corrected chi connectivity index (χ2v) is 6.71. The van der Waals surface area contributed by atoms with Gasteiger partial charge in [0.15, 0.2) is 0 Å². The fraction of sp³-hybridized carbons (Fsp3) is 0.389. The van der Waals surface area contributed by atoms with Crippen LogP contribution in [0.5, 0.6) is 0 Å². The van der Waals surface area contributed by atoms with Gasteiger partial charge in [0.25, 0.3) is 0 Å². The first-order chi connectivity index (χ1) is 12.1. The molecule has 1 aromatic heterocycles. The SMILES string of the molecule is O=C1CC[C@@H](C(=O)N(Cc2ccc3[nH]ccc3c2)C2CC2)NC(=O)N1. The Labute approximate surface area is 144 Å². The zero-order valence-corrected chi connectivity index (χ0v) is 13.7. The Kier molecular flexibility index (Phi) is 3.91. The number of aromatic nitrogens is 1. The van der Waals surface area contributed by atoms with Crippen molar-refractivity contribution >= 4 is 28.7 Å². The Morgan fingerprint density at radius 2 is 2.00 bits per heavy atom. The normalized spacial score (nSPS) is 20.7. The van der Waals surface area contributed by atoms with Crippen molar-refractivity contribution in [3.63, 3.8) is 0 Å². The minimum Gasteiger partial charge on any atom is -0.361 e. The summed E-state index contributed by atoms with van der Waals surface area (Å²) in [5, 5.41) is 5.94. The molecule has 0 radical (unpaired) electrons. The second kappa shape index (κ2) is 6.23. The van der Waals surface area contributed by atoms with E-state index in [9.17, 15) is 14.4 Å². The summed E-state index contributed by atoms with van der Waals surface area (Å²) >= 11 is 0. The van der Waals surface area contributed by atoms with E-state index in [0.29, 0.717) is 13.0 Å². The summed E-state index contributed by atoms with van der Waals surface area (Å²) in [6, 6.07) is 7.08. The van der Waals surface area contributed by atoms with E-state index in [0.717, 1.165) is 29.3 Å². The van der Waals surface area contributed by atoms with Crippen LogP contribution in [0.2, 0.25) is 0 Å². The van der Waals surface area contributed by atoms with Crippen molar-refractivity contribution in [3.8, 4) is 0 Å². The standard InChI is InChI=1S/C18H20N4O3/c23-16-6-5-15(20-18(25)21-16)17(24)22(13-2-3-13)10-11-1-4-14-12(9-11)7-8-19-14/h1,4,7-9,13,15,19H,2-3,5-6,10H2,(H2,20,21,23,25)/t15-/m0/s1. The number of imide groups is 1. The number of carbonyl (C=O) groups is 3. The van der Waals surface area contributed by atoms with Crippen LogP contribution in [0.15, 0.2) is 30.5 Å². The predicted octanol–water partition coefficient (Wildman–Crippen LogP) is 1.65. The first kappa shape index (κ1) is 15.7. The highest BCUT2D eigenvalue weighted by molar-refractivity contribution is 5.98. The molecular formula is C18H20N4O3. The van der Waals surface area contributed by atoms with Gasteiger partial charge in [-0.1, -0.05) is 6.07 Å². The highest BCUT2D eigenvalue weighted by Gasteiger charge is 2.37. The molecule has 1 atom stereocenters. The lowest BCUT2D eigenvalue weighted by atomic mass is 10.1. The number of rotatable bonds is 4. The second-order valence-electron chi connectivity index (χ2n) is 6.71. The van der Waals surface area contributed by atoms with E-state index in [1.807, 2.05) is 29.3 Å². The molecule has 25 heavy (non-hydrogen) atoms. The number of amides is 4. The molecule has 1 aliphatic carbocycles. The van der Waals surface area contributed by atoms with Crippen molar-refractivity contribution in [2.75, 3.05) is 0 Å². The van der Waals surface area contributed by atoms with Gasteiger partial charge in [0.2, 0.25) is 11.8 Å². The minimum atomic E-state index is -0.650. The molecule has 0 unspecified atom stereocenters. The third-order valence-corrected chi connectivity index (χ3v) is 4.76. The van der Waals surface area contributed by atoms with Gasteiger partial charge in [-0.2, -0.15) is 0 Å². The van der Waals surface area contributed by atoms with Gasteiger partial charge in [-0.25, -0.2) is 4.79 Å². The lowest BCUT2D eigenvalue weighted by Gasteiger charge is -2.27. The number of nitrogens with zero attached hydrogens (tertiary/aromatic N) is 1. The molecule has 7 heteroatoms. The van der Waals surface area contributed by atoms with Crippen LogP contribution in [-0.4, -0.2) is 39.8 Å². The molecule has 4 rings (SSSR count). The van der Waals surface area contributed by atoms with Crippen molar-refractivity contribution in [1.29, 1.82) is 0 Å². The Balaban J connectivity index is 1.53. The van der Waals surface area contributed by atoms with E-state index >= 15 is 0 Å². The number of urea groups is 1. The average Bonchev–Trinajstić information content (AvgIpc) is 3.35. The Morgan fingerprint density at radius 1 is 1.16 bits per heavy atom. The molecule has 130 valence electrons. The third kappa shape index (κ3) is 3.35. The van der Waals surface area contributed by atoms with E-state index in [1.165, 1.54) is 0 Å². The molecule has 1 aliphatic heterocycles. The van der Waals surface area contributed by atoms with Crippen molar-refractivity contribution in [1.82, 2.24) is 20.5 Å². The quantitative estimate of drug-likeness (QED) is 0.790. The molecule has 2 heterocycles. The Hall–Kier alpha value is -2.83. The van der Waals surface area contributed by atoms with Gasteiger partial charge in [-0.3, -0.25) is 14.9 Å². The molecule has 4 amide bonds. The van der Waals surface area contributed by atoms with Crippen LogP contribution in [0, 0.1) is 0 Å². The summed E-state index contributed by atoms with van der Waals surface area (Å²) in [6.07, 6.45) is 4.36. The van der Waals surface area contributed by atoms with Gasteiger partial charge in [0, 0.05) is 30.7 Å². The van der Waals surface area contributed by atoms with E-state index in [1.54, 1.807) is 0 Å². The fourth-order valence-corrected chi connectivity index (χ4v) is 3.29. The average molecular weight is 340 g/mol. The van der Waals surface area contributed by atoms with Crippen LogP contribution in [0.4, 0.5) is 4.79 Å². The van der Waals surface area contributed by atoms with Gasteiger partial charge >= 0.3 is 6.03 Å². The Bertz CT molecular complexity index is 840. The van der Waals surface area contributed by atoms with Gasteiger partial charge in [0.05, 0.1) is 0 Å². The van der Waals surface area contributed by atoms with E-state index in [4.69, 9.17) is 0 Å². The first-order valence-electron chi connectivity index (χ1n) is 8.57. The molecule has 2 fully saturated rings. The van der Waals surface area contributed by atoms with Crippen molar-refractivity contribution in [2.24, 2.45) is 0 Å². The molecule has 0 bridgehead atoms. The minimum absolute atomic E-state index is 0.110. The van der Waals surface area contributed by atoms with E-state index in [2.05, 4.69) is 21.7 Å². The molecule has 7 nitrogen and oxygen atoms in total. The van der Waals surface area contributed by atoms with Gasteiger partial charge in [-0.15, -0.1) is 0 Å². The van der Waals surface area contributed by atoms with Gasteiger partial charge in [-0.05, 0) is 48.4 Å². The number of nitrogens with one attached hydrogen (secondary N) is 3. The summed E-state index contributed by atoms with van der Waals surface area (Å²) in [6.45, 7) is 0.512. The van der Waals surface area contributed by atoms with Crippen molar-refractivity contribution in [2.45, 2.75) is 44.3 Å². The highest BCUT2D eigenvalue weighted by Crippen LogP contribution is 2.30. The van der Waals surface area contributed by atoms with Gasteiger partial charge in [0.1, 0.15) is 6.04 Å². The molecule has 3 N–H and O–H groups in total. The lowest BCUT2D eigenvalue weighted by molar-refractivity contribution is -0.134. The molecule has 1 aromatic carbocycles. The van der Waals surface area contributed by atoms with E-state index < -0.39 is 12.1 Å². The zero-order chi connectivity index (χ0) is 17.4.